The fourth-order valence-corrected chi connectivity index (χ4v) is 3.07. The number of ether oxygens (including phenoxy) is 2. The van der Waals surface area contributed by atoms with E-state index in [1.807, 2.05) is 13.8 Å². The van der Waals surface area contributed by atoms with Crippen molar-refractivity contribution in [1.82, 2.24) is 0 Å². The second-order valence-electron chi connectivity index (χ2n) is 6.37. The Hall–Kier alpha value is -0.120. The molecule has 2 rings (SSSR count). The Labute approximate surface area is 104 Å². The van der Waals surface area contributed by atoms with E-state index in [4.69, 9.17) is 9.47 Å². The zero-order valence-corrected chi connectivity index (χ0v) is 11.4. The predicted molar refractivity (Wildman–Crippen MR) is 67.0 cm³/mol. The Morgan fingerprint density at radius 3 is 2.71 bits per heavy atom. The molecule has 0 radical (unpaired) electrons. The Kier molecular flexibility index (Phi) is 3.81. The summed E-state index contributed by atoms with van der Waals surface area (Å²) in [6, 6.07) is 0. The van der Waals surface area contributed by atoms with Gasteiger partial charge in [-0.1, -0.05) is 0 Å². The average Bonchev–Trinajstić information content (AvgIpc) is 2.26. The van der Waals surface area contributed by atoms with Crippen molar-refractivity contribution in [3.8, 4) is 0 Å². The van der Waals surface area contributed by atoms with E-state index in [2.05, 4.69) is 0 Å². The summed E-state index contributed by atoms with van der Waals surface area (Å²) in [4.78, 5) is 0. The normalized spacial score (nSPS) is 30.0. The van der Waals surface area contributed by atoms with Gasteiger partial charge in [0.05, 0.1) is 17.3 Å². The first-order valence-electron chi connectivity index (χ1n) is 6.84. The lowest BCUT2D eigenvalue weighted by Crippen LogP contribution is -2.48. The first-order chi connectivity index (χ1) is 7.96. The van der Waals surface area contributed by atoms with Crippen LogP contribution in [0.3, 0.4) is 0 Å². The lowest BCUT2D eigenvalue weighted by Gasteiger charge is -2.48. The van der Waals surface area contributed by atoms with E-state index in [1.54, 1.807) is 7.11 Å². The van der Waals surface area contributed by atoms with Gasteiger partial charge in [0, 0.05) is 20.1 Å². The van der Waals surface area contributed by atoms with Crippen LogP contribution in [0, 0.1) is 5.92 Å². The minimum Gasteiger partial charge on any atom is -0.393 e. The third kappa shape index (κ3) is 3.01. The highest BCUT2D eigenvalue weighted by molar-refractivity contribution is 4.96. The van der Waals surface area contributed by atoms with Gasteiger partial charge in [-0.25, -0.2) is 0 Å². The molecular weight excluding hydrogens is 216 g/mol. The second-order valence-corrected chi connectivity index (χ2v) is 6.37. The van der Waals surface area contributed by atoms with E-state index in [9.17, 15) is 5.11 Å². The molecule has 0 aromatic rings. The number of hydrogen-bond donors (Lipinski definition) is 1. The summed E-state index contributed by atoms with van der Waals surface area (Å²) >= 11 is 0. The third-order valence-electron chi connectivity index (χ3n) is 4.59. The molecule has 17 heavy (non-hydrogen) atoms. The molecule has 1 saturated heterocycles. The van der Waals surface area contributed by atoms with Gasteiger partial charge in [0.15, 0.2) is 0 Å². The van der Waals surface area contributed by atoms with Crippen LogP contribution in [0.2, 0.25) is 0 Å². The molecule has 2 fully saturated rings. The summed E-state index contributed by atoms with van der Waals surface area (Å²) in [6.45, 7) is 4.89. The summed E-state index contributed by atoms with van der Waals surface area (Å²) < 4.78 is 11.3. The number of aliphatic hydroxyl groups is 1. The molecule has 1 aliphatic carbocycles. The smallest absolute Gasteiger partial charge is 0.0686 e. The van der Waals surface area contributed by atoms with Gasteiger partial charge in [-0.15, -0.1) is 0 Å². The molecule has 0 amide bonds. The summed E-state index contributed by atoms with van der Waals surface area (Å²) in [5.41, 5.74) is -0.106. The summed E-state index contributed by atoms with van der Waals surface area (Å²) in [6.07, 6.45) is 6.13. The van der Waals surface area contributed by atoms with Crippen molar-refractivity contribution in [2.24, 2.45) is 5.92 Å². The molecule has 1 saturated carbocycles. The van der Waals surface area contributed by atoms with Crippen LogP contribution in [0.5, 0.6) is 0 Å². The van der Waals surface area contributed by atoms with Crippen molar-refractivity contribution in [3.63, 3.8) is 0 Å². The van der Waals surface area contributed by atoms with Crippen LogP contribution < -0.4 is 0 Å². The van der Waals surface area contributed by atoms with E-state index in [0.717, 1.165) is 19.4 Å². The molecule has 1 heterocycles. The van der Waals surface area contributed by atoms with Crippen LogP contribution >= 0.6 is 0 Å². The quantitative estimate of drug-likeness (QED) is 0.823. The highest BCUT2D eigenvalue weighted by Crippen LogP contribution is 2.45. The average molecular weight is 242 g/mol. The SMILES string of the molecule is COC(C)(C)CC(O)C1CCOC2(CCC2)C1. The van der Waals surface area contributed by atoms with Crippen LogP contribution in [-0.2, 0) is 9.47 Å². The van der Waals surface area contributed by atoms with E-state index in [1.165, 1.54) is 19.3 Å². The fourth-order valence-electron chi connectivity index (χ4n) is 3.07. The molecule has 0 aromatic heterocycles. The highest BCUT2D eigenvalue weighted by atomic mass is 16.5. The largest absolute Gasteiger partial charge is 0.393 e. The van der Waals surface area contributed by atoms with E-state index in [-0.39, 0.29) is 17.3 Å². The van der Waals surface area contributed by atoms with Gasteiger partial charge < -0.3 is 14.6 Å². The molecule has 3 nitrogen and oxygen atoms in total. The molecular formula is C14H26O3. The highest BCUT2D eigenvalue weighted by Gasteiger charge is 2.44. The molecule has 2 aliphatic rings. The Morgan fingerprint density at radius 2 is 2.18 bits per heavy atom. The molecule has 3 heteroatoms. The Bertz CT molecular complexity index is 258. The van der Waals surface area contributed by atoms with Crippen LogP contribution in [0.15, 0.2) is 0 Å². The summed E-state index contributed by atoms with van der Waals surface area (Å²) in [5.74, 6) is 0.387. The maximum absolute atomic E-state index is 10.4. The zero-order chi connectivity index (χ0) is 12.5. The van der Waals surface area contributed by atoms with Crippen LogP contribution in [0.4, 0.5) is 0 Å². The first kappa shape index (κ1) is 13.3. The lowest BCUT2D eigenvalue weighted by atomic mass is 9.70. The number of rotatable bonds is 4. The fraction of sp³-hybridized carbons (Fsp3) is 1.00. The van der Waals surface area contributed by atoms with Crippen molar-refractivity contribution in [2.75, 3.05) is 13.7 Å². The standard InChI is InChI=1S/C14H26O3/c1-13(2,16-3)10-12(15)11-5-8-17-14(9-11)6-4-7-14/h11-12,15H,4-10H2,1-3H3. The maximum atomic E-state index is 10.4. The molecule has 1 N–H and O–H groups in total. The Morgan fingerprint density at radius 1 is 1.47 bits per heavy atom. The number of hydrogen-bond acceptors (Lipinski definition) is 3. The monoisotopic (exact) mass is 242 g/mol. The van der Waals surface area contributed by atoms with Crippen molar-refractivity contribution >= 4 is 0 Å². The van der Waals surface area contributed by atoms with Gasteiger partial charge in [0.2, 0.25) is 0 Å². The molecule has 2 atom stereocenters. The third-order valence-corrected chi connectivity index (χ3v) is 4.59. The Balaban J connectivity index is 1.88. The van der Waals surface area contributed by atoms with Gasteiger partial charge in [0.1, 0.15) is 0 Å². The van der Waals surface area contributed by atoms with Crippen LogP contribution in [0.25, 0.3) is 0 Å². The van der Waals surface area contributed by atoms with Gasteiger partial charge in [0.25, 0.3) is 0 Å². The molecule has 2 unspecified atom stereocenters. The lowest BCUT2D eigenvalue weighted by molar-refractivity contribution is -0.161. The van der Waals surface area contributed by atoms with Gasteiger partial charge in [-0.2, -0.15) is 0 Å². The summed E-state index contributed by atoms with van der Waals surface area (Å²) in [7, 11) is 1.71. The van der Waals surface area contributed by atoms with Crippen LogP contribution in [-0.4, -0.2) is 36.1 Å². The number of methoxy groups -OCH3 is 1. The van der Waals surface area contributed by atoms with Crippen molar-refractivity contribution in [3.05, 3.63) is 0 Å². The maximum Gasteiger partial charge on any atom is 0.0686 e. The van der Waals surface area contributed by atoms with E-state index >= 15 is 0 Å². The first-order valence-corrected chi connectivity index (χ1v) is 6.84. The van der Waals surface area contributed by atoms with Gasteiger partial charge >= 0.3 is 0 Å². The minimum absolute atomic E-state index is 0.126. The molecule has 0 bridgehead atoms. The predicted octanol–water partition coefficient (Wildman–Crippen LogP) is 2.51. The molecule has 0 aromatic carbocycles. The molecule has 1 aliphatic heterocycles. The number of aliphatic hydroxyl groups excluding tert-OH is 1. The molecule has 1 spiro atoms. The van der Waals surface area contributed by atoms with Crippen LogP contribution in [0.1, 0.15) is 52.4 Å². The van der Waals surface area contributed by atoms with Crippen molar-refractivity contribution in [2.45, 2.75) is 69.7 Å². The van der Waals surface area contributed by atoms with Gasteiger partial charge in [-0.05, 0) is 51.9 Å². The second kappa shape index (κ2) is 4.87. The van der Waals surface area contributed by atoms with Crippen molar-refractivity contribution < 1.29 is 14.6 Å². The van der Waals surface area contributed by atoms with E-state index < -0.39 is 0 Å². The topological polar surface area (TPSA) is 38.7 Å². The zero-order valence-electron chi connectivity index (χ0n) is 11.4. The minimum atomic E-state index is -0.258. The van der Waals surface area contributed by atoms with Gasteiger partial charge in [-0.3, -0.25) is 0 Å². The molecule has 100 valence electrons. The summed E-state index contributed by atoms with van der Waals surface area (Å²) in [5, 5.41) is 10.4. The van der Waals surface area contributed by atoms with Crippen molar-refractivity contribution in [1.29, 1.82) is 0 Å². The van der Waals surface area contributed by atoms with E-state index in [0.29, 0.717) is 12.3 Å².